The number of ether oxygens (including phenoxy) is 1. The highest BCUT2D eigenvalue weighted by Gasteiger charge is 2.31. The topological polar surface area (TPSA) is 67.4 Å². The summed E-state index contributed by atoms with van der Waals surface area (Å²) in [4.78, 5) is 0. The Balaban J connectivity index is 1.80. The van der Waals surface area contributed by atoms with E-state index in [1.165, 1.54) is 0 Å². The van der Waals surface area contributed by atoms with E-state index in [1.807, 2.05) is 6.92 Å². The van der Waals surface area contributed by atoms with E-state index in [1.54, 1.807) is 0 Å². The smallest absolute Gasteiger partial charge is 0.213 e. The van der Waals surface area contributed by atoms with Crippen LogP contribution >= 0.6 is 0 Å². The van der Waals surface area contributed by atoms with Crippen LogP contribution < -0.4 is 10.0 Å². The van der Waals surface area contributed by atoms with Gasteiger partial charge in [-0.1, -0.05) is 0 Å². The van der Waals surface area contributed by atoms with E-state index in [2.05, 4.69) is 10.0 Å². The normalized spacial score (nSPS) is 34.3. The van der Waals surface area contributed by atoms with Crippen molar-refractivity contribution in [2.24, 2.45) is 0 Å². The Morgan fingerprint density at radius 2 is 2.29 bits per heavy atom. The molecule has 17 heavy (non-hydrogen) atoms. The van der Waals surface area contributed by atoms with E-state index >= 15 is 0 Å². The zero-order valence-electron chi connectivity index (χ0n) is 10.4. The van der Waals surface area contributed by atoms with Crippen molar-refractivity contribution < 1.29 is 13.2 Å². The molecule has 2 rings (SSSR count). The van der Waals surface area contributed by atoms with Gasteiger partial charge >= 0.3 is 0 Å². The lowest BCUT2D eigenvalue weighted by Crippen LogP contribution is -2.43. The van der Waals surface area contributed by atoms with Crippen LogP contribution in [0.2, 0.25) is 0 Å². The van der Waals surface area contributed by atoms with Gasteiger partial charge in [0.15, 0.2) is 0 Å². The van der Waals surface area contributed by atoms with Gasteiger partial charge < -0.3 is 10.1 Å². The lowest BCUT2D eigenvalue weighted by Gasteiger charge is -2.23. The van der Waals surface area contributed by atoms with Gasteiger partial charge in [-0.05, 0) is 39.2 Å². The van der Waals surface area contributed by atoms with E-state index in [9.17, 15) is 8.42 Å². The molecule has 0 aliphatic carbocycles. The molecule has 0 amide bonds. The van der Waals surface area contributed by atoms with Crippen molar-refractivity contribution in [1.29, 1.82) is 0 Å². The second-order valence-corrected chi connectivity index (χ2v) is 7.15. The molecule has 2 heterocycles. The molecule has 5 nitrogen and oxygen atoms in total. The summed E-state index contributed by atoms with van der Waals surface area (Å²) in [5, 5.41) is 3.20. The number of hydrogen-bond donors (Lipinski definition) is 2. The van der Waals surface area contributed by atoms with Crippen LogP contribution in [0, 0.1) is 0 Å². The first kappa shape index (κ1) is 13.3. The second-order valence-electron chi connectivity index (χ2n) is 5.30. The Morgan fingerprint density at radius 3 is 2.88 bits per heavy atom. The standard InChI is InChI=1S/C11H22N2O3S/c1-11(5-3-7-16-11)9-13-17(14,15)8-10-4-2-6-12-10/h10,12-13H,2-9H2,1H3. The average molecular weight is 262 g/mol. The first-order valence-corrected chi connectivity index (χ1v) is 7.99. The number of hydrogen-bond acceptors (Lipinski definition) is 4. The predicted molar refractivity (Wildman–Crippen MR) is 66.4 cm³/mol. The molecule has 0 spiro atoms. The number of nitrogens with one attached hydrogen (secondary N) is 2. The number of sulfonamides is 1. The van der Waals surface area contributed by atoms with Crippen LogP contribution in [0.25, 0.3) is 0 Å². The van der Waals surface area contributed by atoms with Crippen LogP contribution in [0.15, 0.2) is 0 Å². The highest BCUT2D eigenvalue weighted by Crippen LogP contribution is 2.24. The Labute approximate surface area is 103 Å². The molecule has 0 saturated carbocycles. The highest BCUT2D eigenvalue weighted by molar-refractivity contribution is 7.89. The van der Waals surface area contributed by atoms with E-state index in [0.29, 0.717) is 6.54 Å². The minimum absolute atomic E-state index is 0.116. The first-order valence-electron chi connectivity index (χ1n) is 6.34. The minimum Gasteiger partial charge on any atom is -0.374 e. The Hall–Kier alpha value is -0.170. The van der Waals surface area contributed by atoms with Crippen molar-refractivity contribution in [3.05, 3.63) is 0 Å². The molecule has 2 aliphatic heterocycles. The lowest BCUT2D eigenvalue weighted by atomic mass is 10.0. The largest absolute Gasteiger partial charge is 0.374 e. The van der Waals surface area contributed by atoms with Crippen molar-refractivity contribution in [3.8, 4) is 0 Å². The van der Waals surface area contributed by atoms with Crippen LogP contribution in [-0.2, 0) is 14.8 Å². The summed E-state index contributed by atoms with van der Waals surface area (Å²) >= 11 is 0. The first-order chi connectivity index (χ1) is 7.99. The summed E-state index contributed by atoms with van der Waals surface area (Å²) in [7, 11) is -3.18. The fourth-order valence-electron chi connectivity index (χ4n) is 2.46. The summed E-state index contributed by atoms with van der Waals surface area (Å²) in [6.07, 6.45) is 3.97. The third kappa shape index (κ3) is 3.91. The van der Waals surface area contributed by atoms with Crippen molar-refractivity contribution in [2.75, 3.05) is 25.4 Å². The van der Waals surface area contributed by atoms with Crippen molar-refractivity contribution >= 4 is 10.0 Å². The van der Waals surface area contributed by atoms with E-state index < -0.39 is 10.0 Å². The van der Waals surface area contributed by atoms with Crippen LogP contribution in [0.4, 0.5) is 0 Å². The molecule has 2 atom stereocenters. The molecule has 2 unspecified atom stereocenters. The molecule has 6 heteroatoms. The zero-order chi connectivity index (χ0) is 12.4. The van der Waals surface area contributed by atoms with Gasteiger partial charge in [-0.15, -0.1) is 0 Å². The molecule has 100 valence electrons. The average Bonchev–Trinajstić information content (AvgIpc) is 2.88. The molecule has 0 aromatic rings. The summed E-state index contributed by atoms with van der Waals surface area (Å²) in [5.74, 6) is 0.184. The molecule has 0 bridgehead atoms. The Bertz CT molecular complexity index is 344. The van der Waals surface area contributed by atoms with Crippen LogP contribution in [-0.4, -0.2) is 45.5 Å². The second kappa shape index (κ2) is 5.22. The van der Waals surface area contributed by atoms with Crippen LogP contribution in [0.3, 0.4) is 0 Å². The fourth-order valence-corrected chi connectivity index (χ4v) is 3.92. The van der Waals surface area contributed by atoms with Crippen molar-refractivity contribution in [1.82, 2.24) is 10.0 Å². The maximum atomic E-state index is 11.9. The van der Waals surface area contributed by atoms with Crippen LogP contribution in [0.1, 0.15) is 32.6 Å². The van der Waals surface area contributed by atoms with Gasteiger partial charge in [0.1, 0.15) is 0 Å². The van der Waals surface area contributed by atoms with E-state index in [0.717, 1.165) is 38.8 Å². The number of rotatable bonds is 5. The van der Waals surface area contributed by atoms with Gasteiger partial charge in [0.05, 0.1) is 11.4 Å². The van der Waals surface area contributed by atoms with Crippen molar-refractivity contribution in [2.45, 2.75) is 44.2 Å². The predicted octanol–water partition coefficient (Wildman–Crippen LogP) is 0.227. The van der Waals surface area contributed by atoms with Crippen LogP contribution in [0.5, 0.6) is 0 Å². The lowest BCUT2D eigenvalue weighted by molar-refractivity contribution is 0.0250. The highest BCUT2D eigenvalue weighted by atomic mass is 32.2. The summed E-state index contributed by atoms with van der Waals surface area (Å²) in [5.41, 5.74) is -0.309. The zero-order valence-corrected chi connectivity index (χ0v) is 11.2. The Kier molecular flexibility index (Phi) is 4.07. The molecule has 0 radical (unpaired) electrons. The molecular formula is C11H22N2O3S. The van der Waals surface area contributed by atoms with Gasteiger partial charge in [-0.3, -0.25) is 0 Å². The van der Waals surface area contributed by atoms with E-state index in [-0.39, 0.29) is 17.4 Å². The quantitative estimate of drug-likeness (QED) is 0.744. The maximum absolute atomic E-state index is 11.9. The third-order valence-electron chi connectivity index (χ3n) is 3.55. The monoisotopic (exact) mass is 262 g/mol. The van der Waals surface area contributed by atoms with Crippen molar-refractivity contribution in [3.63, 3.8) is 0 Å². The molecule has 2 saturated heterocycles. The molecule has 0 aromatic heterocycles. The van der Waals surface area contributed by atoms with Gasteiger partial charge in [-0.25, -0.2) is 13.1 Å². The summed E-state index contributed by atoms with van der Waals surface area (Å²) in [6, 6.07) is 0.116. The molecule has 2 fully saturated rings. The van der Waals surface area contributed by atoms with Gasteiger partial charge in [0.2, 0.25) is 10.0 Å². The Morgan fingerprint density at radius 1 is 1.47 bits per heavy atom. The maximum Gasteiger partial charge on any atom is 0.213 e. The van der Waals surface area contributed by atoms with Gasteiger partial charge in [0.25, 0.3) is 0 Å². The molecule has 0 aromatic carbocycles. The fraction of sp³-hybridized carbons (Fsp3) is 1.00. The molecular weight excluding hydrogens is 240 g/mol. The minimum atomic E-state index is -3.18. The van der Waals surface area contributed by atoms with Gasteiger partial charge in [0, 0.05) is 19.2 Å². The molecule has 2 N–H and O–H groups in total. The molecule has 2 aliphatic rings. The van der Waals surface area contributed by atoms with Gasteiger partial charge in [-0.2, -0.15) is 0 Å². The third-order valence-corrected chi connectivity index (χ3v) is 4.97. The van der Waals surface area contributed by atoms with E-state index in [4.69, 9.17) is 4.74 Å². The summed E-state index contributed by atoms with van der Waals surface area (Å²) in [6.45, 7) is 4.03. The SMILES string of the molecule is CC1(CNS(=O)(=O)CC2CCCN2)CCCO1. The summed E-state index contributed by atoms with van der Waals surface area (Å²) < 4.78 is 32.0.